The van der Waals surface area contributed by atoms with Gasteiger partial charge in [-0.2, -0.15) is 0 Å². The van der Waals surface area contributed by atoms with E-state index in [1.54, 1.807) is 13.2 Å². The van der Waals surface area contributed by atoms with Crippen LogP contribution in [0, 0.1) is 0 Å². The molecule has 1 saturated heterocycles. The summed E-state index contributed by atoms with van der Waals surface area (Å²) in [5.41, 5.74) is 1.13. The molecule has 0 aromatic heterocycles. The first-order valence-corrected chi connectivity index (χ1v) is 6.35. The van der Waals surface area contributed by atoms with Crippen LogP contribution in [0.15, 0.2) is 18.2 Å². The molecule has 2 rings (SSSR count). The van der Waals surface area contributed by atoms with Crippen LogP contribution in [0.2, 0.25) is 0 Å². The van der Waals surface area contributed by atoms with Gasteiger partial charge in [0.05, 0.1) is 13.2 Å². The van der Waals surface area contributed by atoms with Crippen LogP contribution in [0.5, 0.6) is 11.5 Å². The van der Waals surface area contributed by atoms with Gasteiger partial charge in [-0.15, -0.1) is 0 Å². The van der Waals surface area contributed by atoms with Gasteiger partial charge in [0.25, 0.3) is 0 Å². The summed E-state index contributed by atoms with van der Waals surface area (Å²) in [7, 11) is 3.65. The third-order valence-corrected chi connectivity index (χ3v) is 3.24. The van der Waals surface area contributed by atoms with Crippen molar-refractivity contribution in [3.63, 3.8) is 0 Å². The van der Waals surface area contributed by atoms with E-state index < -0.39 is 0 Å². The molecule has 1 N–H and O–H groups in total. The lowest BCUT2D eigenvalue weighted by atomic mass is 10.1. The molecule has 0 aliphatic carbocycles. The van der Waals surface area contributed by atoms with E-state index in [1.807, 2.05) is 12.1 Å². The van der Waals surface area contributed by atoms with Gasteiger partial charge in [0.2, 0.25) is 0 Å². The second kappa shape index (κ2) is 6.07. The zero-order chi connectivity index (χ0) is 13.0. The number of nitrogens with zero attached hydrogens (tertiary/aromatic N) is 1. The fourth-order valence-electron chi connectivity index (χ4n) is 2.33. The lowest BCUT2D eigenvalue weighted by Gasteiger charge is -2.20. The maximum atomic E-state index is 9.54. The largest absolute Gasteiger partial charge is 0.504 e. The van der Waals surface area contributed by atoms with Crippen LogP contribution in [-0.4, -0.2) is 43.4 Å². The number of phenolic OH excluding ortho intramolecular Hbond substituents is 1. The maximum Gasteiger partial charge on any atom is 0.160 e. The molecule has 1 aromatic rings. The Bertz CT molecular complexity index is 389. The molecule has 4 heteroatoms. The highest BCUT2D eigenvalue weighted by Crippen LogP contribution is 2.26. The van der Waals surface area contributed by atoms with Crippen molar-refractivity contribution in [2.24, 2.45) is 0 Å². The van der Waals surface area contributed by atoms with E-state index in [9.17, 15) is 5.11 Å². The lowest BCUT2D eigenvalue weighted by molar-refractivity contribution is 0.0793. The molecule has 0 amide bonds. The monoisotopic (exact) mass is 251 g/mol. The van der Waals surface area contributed by atoms with Gasteiger partial charge in [-0.05, 0) is 37.6 Å². The second-order valence-electron chi connectivity index (χ2n) is 4.84. The normalized spacial score (nSPS) is 19.4. The third kappa shape index (κ3) is 3.37. The number of methoxy groups -OCH3 is 1. The van der Waals surface area contributed by atoms with Crippen molar-refractivity contribution in [1.29, 1.82) is 0 Å². The van der Waals surface area contributed by atoms with Gasteiger partial charge in [0.15, 0.2) is 11.5 Å². The van der Waals surface area contributed by atoms with Gasteiger partial charge >= 0.3 is 0 Å². The summed E-state index contributed by atoms with van der Waals surface area (Å²) < 4.78 is 10.7. The average Bonchev–Trinajstić information content (AvgIpc) is 2.84. The number of rotatable bonds is 5. The minimum atomic E-state index is 0.183. The van der Waals surface area contributed by atoms with E-state index in [0.717, 1.165) is 31.7 Å². The molecule has 100 valence electrons. The highest BCUT2D eigenvalue weighted by molar-refractivity contribution is 5.41. The number of hydrogen-bond acceptors (Lipinski definition) is 4. The minimum Gasteiger partial charge on any atom is -0.504 e. The van der Waals surface area contributed by atoms with Crippen LogP contribution >= 0.6 is 0 Å². The van der Waals surface area contributed by atoms with Crippen molar-refractivity contribution < 1.29 is 14.6 Å². The smallest absolute Gasteiger partial charge is 0.160 e. The van der Waals surface area contributed by atoms with Gasteiger partial charge in [-0.25, -0.2) is 0 Å². The first-order chi connectivity index (χ1) is 8.69. The Morgan fingerprint density at radius 3 is 3.00 bits per heavy atom. The highest BCUT2D eigenvalue weighted by Gasteiger charge is 2.17. The first-order valence-electron chi connectivity index (χ1n) is 6.35. The maximum absolute atomic E-state index is 9.54. The molecule has 1 atom stereocenters. The van der Waals surface area contributed by atoms with E-state index in [0.29, 0.717) is 11.9 Å². The zero-order valence-electron chi connectivity index (χ0n) is 11.1. The topological polar surface area (TPSA) is 41.9 Å². The minimum absolute atomic E-state index is 0.183. The number of likely N-dealkylation sites (N-methyl/N-ethyl adjacent to an activating group) is 1. The van der Waals surface area contributed by atoms with Crippen molar-refractivity contribution in [2.45, 2.75) is 25.5 Å². The van der Waals surface area contributed by atoms with Crippen LogP contribution in [-0.2, 0) is 11.3 Å². The summed E-state index contributed by atoms with van der Waals surface area (Å²) in [6, 6.07) is 5.47. The Hall–Kier alpha value is -1.26. The fourth-order valence-corrected chi connectivity index (χ4v) is 2.33. The molecule has 1 aliphatic heterocycles. The van der Waals surface area contributed by atoms with E-state index in [2.05, 4.69) is 11.9 Å². The predicted molar refractivity (Wildman–Crippen MR) is 70.0 cm³/mol. The van der Waals surface area contributed by atoms with Crippen molar-refractivity contribution in [3.05, 3.63) is 23.8 Å². The van der Waals surface area contributed by atoms with Gasteiger partial charge in [-0.3, -0.25) is 4.90 Å². The molecule has 4 nitrogen and oxygen atoms in total. The van der Waals surface area contributed by atoms with Gasteiger partial charge in [0.1, 0.15) is 0 Å². The summed E-state index contributed by atoms with van der Waals surface area (Å²) >= 11 is 0. The van der Waals surface area contributed by atoms with Crippen molar-refractivity contribution in [2.75, 3.05) is 27.3 Å². The predicted octanol–water partition coefficient (Wildman–Crippen LogP) is 2.01. The molecule has 1 aromatic carbocycles. The first kappa shape index (κ1) is 13.2. The lowest BCUT2D eigenvalue weighted by Crippen LogP contribution is -2.28. The Morgan fingerprint density at radius 2 is 2.33 bits per heavy atom. The molecule has 0 spiro atoms. The van der Waals surface area contributed by atoms with E-state index >= 15 is 0 Å². The Labute approximate surface area is 108 Å². The summed E-state index contributed by atoms with van der Waals surface area (Å²) in [6.07, 6.45) is 2.70. The average molecular weight is 251 g/mol. The number of benzene rings is 1. The van der Waals surface area contributed by atoms with Crippen LogP contribution in [0.1, 0.15) is 18.4 Å². The summed E-state index contributed by atoms with van der Waals surface area (Å²) in [5, 5.41) is 9.54. The standard InChI is InChI=1S/C14H21NO3/c1-15(10-12-4-3-7-18-12)9-11-5-6-13(16)14(8-11)17-2/h5-6,8,12,16H,3-4,7,9-10H2,1-2H3. The molecular formula is C14H21NO3. The Kier molecular flexibility index (Phi) is 4.44. The van der Waals surface area contributed by atoms with Crippen LogP contribution in [0.25, 0.3) is 0 Å². The molecule has 0 bridgehead atoms. The molecule has 1 fully saturated rings. The molecular weight excluding hydrogens is 230 g/mol. The number of phenols is 1. The van der Waals surface area contributed by atoms with Gasteiger partial charge < -0.3 is 14.6 Å². The van der Waals surface area contributed by atoms with Crippen molar-refractivity contribution >= 4 is 0 Å². The SMILES string of the molecule is COc1cc(CN(C)CC2CCCO2)ccc1O. The number of hydrogen-bond donors (Lipinski definition) is 1. The molecule has 1 aliphatic rings. The quantitative estimate of drug-likeness (QED) is 0.869. The fraction of sp³-hybridized carbons (Fsp3) is 0.571. The van der Waals surface area contributed by atoms with Crippen molar-refractivity contribution in [3.8, 4) is 11.5 Å². The number of ether oxygens (including phenoxy) is 2. The number of aromatic hydroxyl groups is 1. The van der Waals surface area contributed by atoms with Gasteiger partial charge in [-0.1, -0.05) is 6.07 Å². The van der Waals surface area contributed by atoms with Gasteiger partial charge in [0, 0.05) is 19.7 Å². The van der Waals surface area contributed by atoms with Crippen LogP contribution < -0.4 is 4.74 Å². The molecule has 0 radical (unpaired) electrons. The molecule has 1 heterocycles. The van der Waals surface area contributed by atoms with E-state index in [-0.39, 0.29) is 5.75 Å². The third-order valence-electron chi connectivity index (χ3n) is 3.24. The van der Waals surface area contributed by atoms with E-state index in [1.165, 1.54) is 6.42 Å². The van der Waals surface area contributed by atoms with Crippen LogP contribution in [0.4, 0.5) is 0 Å². The van der Waals surface area contributed by atoms with Crippen molar-refractivity contribution in [1.82, 2.24) is 4.90 Å². The second-order valence-corrected chi connectivity index (χ2v) is 4.84. The molecule has 0 saturated carbocycles. The molecule has 1 unspecified atom stereocenters. The summed E-state index contributed by atoms with van der Waals surface area (Å²) in [4.78, 5) is 2.24. The Morgan fingerprint density at radius 1 is 1.50 bits per heavy atom. The van der Waals surface area contributed by atoms with Crippen LogP contribution in [0.3, 0.4) is 0 Å². The Balaban J connectivity index is 1.91. The highest BCUT2D eigenvalue weighted by atomic mass is 16.5. The molecule has 18 heavy (non-hydrogen) atoms. The zero-order valence-corrected chi connectivity index (χ0v) is 11.1. The summed E-state index contributed by atoms with van der Waals surface area (Å²) in [5.74, 6) is 0.709. The summed E-state index contributed by atoms with van der Waals surface area (Å²) in [6.45, 7) is 2.67. The van der Waals surface area contributed by atoms with E-state index in [4.69, 9.17) is 9.47 Å².